The number of benzene rings is 4. The highest BCUT2D eigenvalue weighted by atomic mass is 16.3. The van der Waals surface area contributed by atoms with Gasteiger partial charge < -0.3 is 10.2 Å². The van der Waals surface area contributed by atoms with E-state index in [0.717, 1.165) is 35.1 Å². The van der Waals surface area contributed by atoms with Gasteiger partial charge in [-0.1, -0.05) is 110 Å². The van der Waals surface area contributed by atoms with Crippen LogP contribution in [0.1, 0.15) is 46.7 Å². The van der Waals surface area contributed by atoms with Gasteiger partial charge in [-0.05, 0) is 52.6 Å². The van der Waals surface area contributed by atoms with Crippen LogP contribution in [0.2, 0.25) is 0 Å². The van der Waals surface area contributed by atoms with Crippen LogP contribution < -0.4 is 0 Å². The van der Waals surface area contributed by atoms with Gasteiger partial charge in [0, 0.05) is 11.1 Å². The molecule has 0 aromatic heterocycles. The van der Waals surface area contributed by atoms with E-state index in [-0.39, 0.29) is 0 Å². The third-order valence-electron chi connectivity index (χ3n) is 7.23. The molecule has 2 nitrogen and oxygen atoms in total. The maximum atomic E-state index is 11.7. The van der Waals surface area contributed by atoms with Crippen LogP contribution in [-0.4, -0.2) is 10.2 Å². The summed E-state index contributed by atoms with van der Waals surface area (Å²) in [6.07, 6.45) is 8.17. The monoisotopic (exact) mass is 444 g/mol. The molecule has 0 spiro atoms. The Balaban J connectivity index is 1.52. The van der Waals surface area contributed by atoms with E-state index in [9.17, 15) is 10.2 Å². The Morgan fingerprint density at radius 1 is 0.765 bits per heavy atom. The van der Waals surface area contributed by atoms with E-state index in [0.29, 0.717) is 17.5 Å². The van der Waals surface area contributed by atoms with Gasteiger partial charge in [-0.2, -0.15) is 0 Å². The minimum Gasteiger partial charge on any atom is -0.380 e. The molecule has 0 amide bonds. The molecule has 0 heterocycles. The smallest absolute Gasteiger partial charge is 0.176 e. The second-order valence-electron chi connectivity index (χ2n) is 9.04. The van der Waals surface area contributed by atoms with Gasteiger partial charge in [-0.15, -0.1) is 6.42 Å². The molecule has 168 valence electrons. The van der Waals surface area contributed by atoms with Crippen molar-refractivity contribution in [3.63, 3.8) is 0 Å². The summed E-state index contributed by atoms with van der Waals surface area (Å²) in [5.41, 5.74) is 5.40. The quantitative estimate of drug-likeness (QED) is 0.381. The van der Waals surface area contributed by atoms with E-state index >= 15 is 0 Å². The Kier molecular flexibility index (Phi) is 5.62. The van der Waals surface area contributed by atoms with Crippen molar-refractivity contribution in [3.05, 3.63) is 130 Å². The van der Waals surface area contributed by atoms with Crippen LogP contribution >= 0.6 is 0 Å². The first kappa shape index (κ1) is 22.2. The largest absolute Gasteiger partial charge is 0.380 e. The minimum absolute atomic E-state index is 0.620. The fourth-order valence-corrected chi connectivity index (χ4v) is 5.24. The highest BCUT2D eigenvalue weighted by Crippen LogP contribution is 2.41. The van der Waals surface area contributed by atoms with Crippen LogP contribution in [0.4, 0.5) is 0 Å². The fraction of sp³-hybridized carbons (Fsp3) is 0.188. The Labute approximate surface area is 201 Å². The molecule has 34 heavy (non-hydrogen) atoms. The Hall–Kier alpha value is -3.64. The first-order chi connectivity index (χ1) is 16.5. The third kappa shape index (κ3) is 3.55. The maximum absolute atomic E-state index is 11.7. The number of aliphatic hydroxyl groups is 2. The van der Waals surface area contributed by atoms with Gasteiger partial charge in [0.25, 0.3) is 0 Å². The van der Waals surface area contributed by atoms with Gasteiger partial charge in [-0.25, -0.2) is 0 Å². The molecular formula is C32H28O2. The average molecular weight is 445 g/mol. The molecule has 0 saturated carbocycles. The van der Waals surface area contributed by atoms with Gasteiger partial charge in [0.1, 0.15) is 5.60 Å². The summed E-state index contributed by atoms with van der Waals surface area (Å²) in [5.74, 6) is 2.57. The standard InChI is InChI=1S/C32H28O2/c1-3-31(33,27-11-6-5-7-12-27)28-19-16-23(17-20-28)25-18-21-30-26(22-25)15-14-24-10-8-9-13-29(24)32(30,34)4-2/h1,5-13,16-22,33-34H,4,14-15H2,2H3. The zero-order valence-electron chi connectivity index (χ0n) is 19.3. The maximum Gasteiger partial charge on any atom is 0.176 e. The van der Waals surface area contributed by atoms with Gasteiger partial charge >= 0.3 is 0 Å². The predicted molar refractivity (Wildman–Crippen MR) is 137 cm³/mol. The number of fused-ring (bicyclic) bond motifs is 2. The lowest BCUT2D eigenvalue weighted by atomic mass is 9.81. The molecular weight excluding hydrogens is 416 g/mol. The Bertz CT molecular complexity index is 1360. The second-order valence-corrected chi connectivity index (χ2v) is 9.04. The van der Waals surface area contributed by atoms with Gasteiger partial charge in [0.2, 0.25) is 0 Å². The number of aryl methyl sites for hydroxylation is 2. The van der Waals surface area contributed by atoms with Crippen molar-refractivity contribution >= 4 is 0 Å². The van der Waals surface area contributed by atoms with Crippen molar-refractivity contribution in [2.45, 2.75) is 37.4 Å². The minimum atomic E-state index is -1.48. The SMILES string of the molecule is C#CC(O)(c1ccccc1)c1ccc(-c2ccc3c(c2)CCc2ccccc2C3(O)CC)cc1. The van der Waals surface area contributed by atoms with Crippen molar-refractivity contribution in [2.75, 3.05) is 0 Å². The van der Waals surface area contributed by atoms with Crippen LogP contribution in [-0.2, 0) is 24.0 Å². The summed E-state index contributed by atoms with van der Waals surface area (Å²) >= 11 is 0. The topological polar surface area (TPSA) is 40.5 Å². The van der Waals surface area contributed by atoms with Gasteiger partial charge in [0.05, 0.1) is 0 Å². The highest BCUT2D eigenvalue weighted by molar-refractivity contribution is 5.67. The lowest BCUT2D eigenvalue weighted by molar-refractivity contribution is 0.0759. The molecule has 2 unspecified atom stereocenters. The first-order valence-electron chi connectivity index (χ1n) is 11.8. The van der Waals surface area contributed by atoms with Crippen LogP contribution in [0.3, 0.4) is 0 Å². The lowest BCUT2D eigenvalue weighted by Gasteiger charge is -2.30. The molecule has 0 fully saturated rings. The molecule has 2 N–H and O–H groups in total. The van der Waals surface area contributed by atoms with E-state index in [1.165, 1.54) is 11.1 Å². The van der Waals surface area contributed by atoms with Crippen molar-refractivity contribution in [2.24, 2.45) is 0 Å². The van der Waals surface area contributed by atoms with Crippen LogP contribution in [0.25, 0.3) is 11.1 Å². The molecule has 2 atom stereocenters. The molecule has 4 aromatic carbocycles. The summed E-state index contributed by atoms with van der Waals surface area (Å²) in [5, 5.41) is 23.0. The van der Waals surface area contributed by atoms with E-state index in [2.05, 4.69) is 36.3 Å². The molecule has 0 bridgehead atoms. The Morgan fingerprint density at radius 3 is 2.06 bits per heavy atom. The third-order valence-corrected chi connectivity index (χ3v) is 7.23. The molecule has 1 aliphatic carbocycles. The normalized spacial score (nSPS) is 18.6. The molecule has 0 radical (unpaired) electrons. The summed E-state index contributed by atoms with van der Waals surface area (Å²) in [4.78, 5) is 0. The van der Waals surface area contributed by atoms with Gasteiger partial charge in [0.15, 0.2) is 5.60 Å². The number of hydrogen-bond donors (Lipinski definition) is 2. The zero-order chi connectivity index (χ0) is 23.8. The molecule has 0 aliphatic heterocycles. The average Bonchev–Trinajstić information content (AvgIpc) is 3.03. The van der Waals surface area contributed by atoms with Crippen molar-refractivity contribution in [1.82, 2.24) is 0 Å². The van der Waals surface area contributed by atoms with Gasteiger partial charge in [-0.3, -0.25) is 0 Å². The molecule has 5 rings (SSSR count). The number of hydrogen-bond acceptors (Lipinski definition) is 2. The molecule has 2 heteroatoms. The first-order valence-corrected chi connectivity index (χ1v) is 11.8. The van der Waals surface area contributed by atoms with E-state index in [4.69, 9.17) is 6.42 Å². The van der Waals surface area contributed by atoms with E-state index in [1.54, 1.807) is 0 Å². The number of rotatable bonds is 4. The van der Waals surface area contributed by atoms with Crippen molar-refractivity contribution in [3.8, 4) is 23.5 Å². The van der Waals surface area contributed by atoms with Crippen LogP contribution in [0.5, 0.6) is 0 Å². The summed E-state index contributed by atoms with van der Waals surface area (Å²) < 4.78 is 0. The predicted octanol–water partition coefficient (Wildman–Crippen LogP) is 5.97. The lowest BCUT2D eigenvalue weighted by Crippen LogP contribution is -2.27. The highest BCUT2D eigenvalue weighted by Gasteiger charge is 2.35. The van der Waals surface area contributed by atoms with Crippen molar-refractivity contribution in [1.29, 1.82) is 0 Å². The number of terminal acetylenes is 1. The summed E-state index contributed by atoms with van der Waals surface area (Å²) in [6, 6.07) is 31.7. The summed E-state index contributed by atoms with van der Waals surface area (Å²) in [6.45, 7) is 2.04. The fourth-order valence-electron chi connectivity index (χ4n) is 5.24. The van der Waals surface area contributed by atoms with E-state index in [1.807, 2.05) is 73.7 Å². The van der Waals surface area contributed by atoms with E-state index < -0.39 is 11.2 Å². The van der Waals surface area contributed by atoms with Crippen LogP contribution in [0, 0.1) is 12.3 Å². The molecule has 4 aromatic rings. The van der Waals surface area contributed by atoms with Crippen LogP contribution in [0.15, 0.2) is 97.1 Å². The second kappa shape index (κ2) is 8.61. The summed E-state index contributed by atoms with van der Waals surface area (Å²) in [7, 11) is 0. The Morgan fingerprint density at radius 2 is 1.35 bits per heavy atom. The molecule has 0 saturated heterocycles. The van der Waals surface area contributed by atoms with Crippen molar-refractivity contribution < 1.29 is 10.2 Å². The molecule has 1 aliphatic rings. The zero-order valence-corrected chi connectivity index (χ0v) is 19.3.